The first-order valence-corrected chi connectivity index (χ1v) is 6.89. The molecule has 1 heterocycles. The van der Waals surface area contributed by atoms with Crippen molar-refractivity contribution in [2.45, 2.75) is 39.2 Å². The Bertz CT molecular complexity index is 596. The number of hydrogen-bond donors (Lipinski definition) is 3. The second kappa shape index (κ2) is 5.95. The average molecular weight is 289 g/mol. The van der Waals surface area contributed by atoms with Gasteiger partial charge in [-0.3, -0.25) is 14.9 Å². The molecule has 6 heteroatoms. The summed E-state index contributed by atoms with van der Waals surface area (Å²) in [4.78, 5) is 34.6. The molecular formula is C15H19N3O3. The molecule has 0 radical (unpaired) electrons. The summed E-state index contributed by atoms with van der Waals surface area (Å²) in [5.41, 5.74) is 2.79. The van der Waals surface area contributed by atoms with Crippen LogP contribution in [0.5, 0.6) is 0 Å². The molecule has 1 atom stereocenters. The zero-order chi connectivity index (χ0) is 15.6. The van der Waals surface area contributed by atoms with Crippen LogP contribution in [0.15, 0.2) is 18.2 Å². The first kappa shape index (κ1) is 15.0. The predicted octanol–water partition coefficient (Wildman–Crippen LogP) is 1.66. The van der Waals surface area contributed by atoms with Gasteiger partial charge in [0.15, 0.2) is 0 Å². The number of imide groups is 1. The molecule has 0 aromatic heterocycles. The Hall–Kier alpha value is -2.37. The Morgan fingerprint density at radius 3 is 2.62 bits per heavy atom. The van der Waals surface area contributed by atoms with Crippen LogP contribution in [-0.4, -0.2) is 23.9 Å². The predicted molar refractivity (Wildman–Crippen MR) is 79.0 cm³/mol. The van der Waals surface area contributed by atoms with Crippen molar-refractivity contribution >= 4 is 23.5 Å². The molecule has 6 nitrogen and oxygen atoms in total. The molecule has 0 saturated carbocycles. The van der Waals surface area contributed by atoms with E-state index < -0.39 is 18.0 Å². The molecule has 1 aliphatic heterocycles. The number of urea groups is 1. The van der Waals surface area contributed by atoms with Gasteiger partial charge in [-0.2, -0.15) is 0 Å². The molecule has 21 heavy (non-hydrogen) atoms. The van der Waals surface area contributed by atoms with E-state index >= 15 is 0 Å². The largest absolute Gasteiger partial charge is 0.325 e. The van der Waals surface area contributed by atoms with Crippen LogP contribution in [0.25, 0.3) is 0 Å². The van der Waals surface area contributed by atoms with Crippen molar-refractivity contribution < 1.29 is 14.4 Å². The van der Waals surface area contributed by atoms with E-state index in [2.05, 4.69) is 29.8 Å². The molecule has 1 unspecified atom stereocenters. The van der Waals surface area contributed by atoms with Crippen LogP contribution in [0.3, 0.4) is 0 Å². The molecule has 1 fully saturated rings. The molecule has 1 aromatic rings. The van der Waals surface area contributed by atoms with E-state index in [4.69, 9.17) is 0 Å². The van der Waals surface area contributed by atoms with E-state index in [1.54, 1.807) is 0 Å². The number of aryl methyl sites for hydroxylation is 1. The minimum absolute atomic E-state index is 0.0799. The minimum Gasteiger partial charge on any atom is -0.325 e. The van der Waals surface area contributed by atoms with Crippen molar-refractivity contribution in [1.82, 2.24) is 10.6 Å². The zero-order valence-corrected chi connectivity index (χ0v) is 12.3. The molecule has 112 valence electrons. The summed E-state index contributed by atoms with van der Waals surface area (Å²) >= 11 is 0. The summed E-state index contributed by atoms with van der Waals surface area (Å²) in [6.45, 7) is 6.02. The maximum atomic E-state index is 12.1. The quantitative estimate of drug-likeness (QED) is 0.737. The maximum absolute atomic E-state index is 12.1. The lowest BCUT2D eigenvalue weighted by atomic mass is 9.98. The number of hydrogen-bond acceptors (Lipinski definition) is 3. The number of rotatable bonds is 4. The van der Waals surface area contributed by atoms with E-state index in [9.17, 15) is 14.4 Å². The van der Waals surface area contributed by atoms with Gasteiger partial charge < -0.3 is 10.6 Å². The molecule has 1 aromatic carbocycles. The van der Waals surface area contributed by atoms with Gasteiger partial charge in [-0.1, -0.05) is 32.0 Å². The van der Waals surface area contributed by atoms with Gasteiger partial charge in [-0.25, -0.2) is 4.79 Å². The van der Waals surface area contributed by atoms with Gasteiger partial charge in [0.05, 0.1) is 6.42 Å². The molecule has 0 aliphatic carbocycles. The van der Waals surface area contributed by atoms with Crippen LogP contribution in [-0.2, 0) is 9.59 Å². The van der Waals surface area contributed by atoms with Gasteiger partial charge in [0.25, 0.3) is 5.91 Å². The number of carbonyl (C=O) groups excluding carboxylic acids is 3. The molecule has 0 bridgehead atoms. The number of carbonyl (C=O) groups is 3. The highest BCUT2D eigenvalue weighted by molar-refractivity contribution is 6.07. The fourth-order valence-electron chi connectivity index (χ4n) is 2.32. The van der Waals surface area contributed by atoms with Crippen molar-refractivity contribution in [3.05, 3.63) is 29.3 Å². The van der Waals surface area contributed by atoms with Crippen molar-refractivity contribution in [1.29, 1.82) is 0 Å². The average Bonchev–Trinajstić information content (AvgIpc) is 2.70. The van der Waals surface area contributed by atoms with Crippen molar-refractivity contribution in [3.8, 4) is 0 Å². The summed E-state index contributed by atoms with van der Waals surface area (Å²) in [5.74, 6) is -0.493. The lowest BCUT2D eigenvalue weighted by Gasteiger charge is -2.17. The van der Waals surface area contributed by atoms with E-state index in [-0.39, 0.29) is 18.2 Å². The zero-order valence-electron chi connectivity index (χ0n) is 12.3. The van der Waals surface area contributed by atoms with Gasteiger partial charge in [0, 0.05) is 5.69 Å². The Morgan fingerprint density at radius 2 is 2.05 bits per heavy atom. The fourth-order valence-corrected chi connectivity index (χ4v) is 2.32. The minimum atomic E-state index is -0.802. The van der Waals surface area contributed by atoms with Crippen LogP contribution >= 0.6 is 0 Å². The normalized spacial score (nSPS) is 17.6. The summed E-state index contributed by atoms with van der Waals surface area (Å²) in [5, 5.41) is 7.37. The first-order chi connectivity index (χ1) is 9.88. The Labute approximate surface area is 123 Å². The number of anilines is 1. The standard InChI is InChI=1S/C15H19N3O3/c1-8(2)10-6-4-5-9(3)13(10)17-12(19)7-11-14(20)18-15(21)16-11/h4-6,8,11H,7H2,1-3H3,(H,17,19)(H2,16,18,20,21). The van der Waals surface area contributed by atoms with Crippen LogP contribution < -0.4 is 16.0 Å². The topological polar surface area (TPSA) is 87.3 Å². The van der Waals surface area contributed by atoms with Crippen LogP contribution in [0, 0.1) is 6.92 Å². The maximum Gasteiger partial charge on any atom is 0.322 e. The summed E-state index contributed by atoms with van der Waals surface area (Å²) < 4.78 is 0. The molecule has 1 saturated heterocycles. The fraction of sp³-hybridized carbons (Fsp3) is 0.400. The number of nitrogens with one attached hydrogen (secondary N) is 3. The lowest BCUT2D eigenvalue weighted by Crippen LogP contribution is -2.33. The van der Waals surface area contributed by atoms with Gasteiger partial charge in [-0.05, 0) is 24.0 Å². The first-order valence-electron chi connectivity index (χ1n) is 6.89. The van der Waals surface area contributed by atoms with Gasteiger partial charge in [-0.15, -0.1) is 0 Å². The number of para-hydroxylation sites is 1. The van der Waals surface area contributed by atoms with Crippen molar-refractivity contribution in [3.63, 3.8) is 0 Å². The molecule has 3 N–H and O–H groups in total. The van der Waals surface area contributed by atoms with E-state index in [1.165, 1.54) is 0 Å². The third-order valence-electron chi connectivity index (χ3n) is 3.44. The SMILES string of the molecule is Cc1cccc(C(C)C)c1NC(=O)CC1NC(=O)NC1=O. The summed E-state index contributed by atoms with van der Waals surface area (Å²) in [6.07, 6.45) is -0.0799. The Kier molecular flexibility index (Phi) is 4.26. The van der Waals surface area contributed by atoms with Crippen molar-refractivity contribution in [2.24, 2.45) is 0 Å². The Morgan fingerprint density at radius 1 is 1.33 bits per heavy atom. The van der Waals surface area contributed by atoms with Crippen LogP contribution in [0.2, 0.25) is 0 Å². The van der Waals surface area contributed by atoms with E-state index in [1.807, 2.05) is 25.1 Å². The van der Waals surface area contributed by atoms with E-state index in [0.29, 0.717) is 0 Å². The van der Waals surface area contributed by atoms with Crippen LogP contribution in [0.1, 0.15) is 37.3 Å². The second-order valence-corrected chi connectivity index (χ2v) is 5.46. The molecule has 2 rings (SSSR count). The summed E-state index contributed by atoms with van der Waals surface area (Å²) in [7, 11) is 0. The lowest BCUT2D eigenvalue weighted by molar-refractivity contribution is -0.124. The van der Waals surface area contributed by atoms with E-state index in [0.717, 1.165) is 16.8 Å². The van der Waals surface area contributed by atoms with Crippen molar-refractivity contribution in [2.75, 3.05) is 5.32 Å². The van der Waals surface area contributed by atoms with Gasteiger partial charge in [0.2, 0.25) is 5.91 Å². The molecule has 4 amide bonds. The Balaban J connectivity index is 2.10. The smallest absolute Gasteiger partial charge is 0.322 e. The highest BCUT2D eigenvalue weighted by Crippen LogP contribution is 2.27. The second-order valence-electron chi connectivity index (χ2n) is 5.46. The third kappa shape index (κ3) is 3.39. The van der Waals surface area contributed by atoms with Gasteiger partial charge in [0.1, 0.15) is 6.04 Å². The summed E-state index contributed by atoms with van der Waals surface area (Å²) in [6, 6.07) is 4.48. The number of amides is 4. The third-order valence-corrected chi connectivity index (χ3v) is 3.44. The van der Waals surface area contributed by atoms with Gasteiger partial charge >= 0.3 is 6.03 Å². The molecule has 0 spiro atoms. The number of benzene rings is 1. The molecule has 1 aliphatic rings. The monoisotopic (exact) mass is 289 g/mol. The molecular weight excluding hydrogens is 270 g/mol. The highest BCUT2D eigenvalue weighted by Gasteiger charge is 2.31. The van der Waals surface area contributed by atoms with Crippen LogP contribution in [0.4, 0.5) is 10.5 Å². The highest BCUT2D eigenvalue weighted by atomic mass is 16.2.